The Balaban J connectivity index is 1.72. The molecule has 1 aliphatic carbocycles. The van der Waals surface area contributed by atoms with E-state index in [0.717, 1.165) is 17.1 Å². The lowest BCUT2D eigenvalue weighted by molar-refractivity contribution is 0.0775. The van der Waals surface area contributed by atoms with Crippen molar-refractivity contribution in [2.45, 2.75) is 46.2 Å². The van der Waals surface area contributed by atoms with Crippen LogP contribution in [0.4, 0.5) is 0 Å². The molecule has 2 aromatic heterocycles. The van der Waals surface area contributed by atoms with Crippen LogP contribution in [0.15, 0.2) is 16.7 Å². The molecule has 2 aromatic rings. The van der Waals surface area contributed by atoms with Crippen molar-refractivity contribution in [3.63, 3.8) is 0 Å². The molecule has 1 aliphatic rings. The molecule has 1 amide bonds. The van der Waals surface area contributed by atoms with Crippen molar-refractivity contribution in [3.05, 3.63) is 35.0 Å². The molecule has 0 bridgehead atoms. The monoisotopic (exact) mass is 302 g/mol. The Morgan fingerprint density at radius 2 is 2.18 bits per heavy atom. The van der Waals surface area contributed by atoms with E-state index in [1.54, 1.807) is 11.9 Å². The van der Waals surface area contributed by atoms with Gasteiger partial charge in [0.1, 0.15) is 11.5 Å². The molecular formula is C16H22N4O2. The summed E-state index contributed by atoms with van der Waals surface area (Å²) in [5, 5.41) is 8.44. The zero-order valence-electron chi connectivity index (χ0n) is 13.5. The maximum absolute atomic E-state index is 12.5. The molecule has 1 atom stereocenters. The van der Waals surface area contributed by atoms with Crippen LogP contribution in [-0.4, -0.2) is 32.8 Å². The Labute approximate surface area is 130 Å². The zero-order chi connectivity index (χ0) is 15.9. The highest BCUT2D eigenvalue weighted by Crippen LogP contribution is 2.39. The minimum Gasteiger partial charge on any atom is -0.361 e. The summed E-state index contributed by atoms with van der Waals surface area (Å²) >= 11 is 0. The fourth-order valence-corrected chi connectivity index (χ4v) is 2.79. The number of carbonyl (C=O) groups excluding carboxylic acids is 1. The minimum atomic E-state index is -0.0921. The van der Waals surface area contributed by atoms with Crippen LogP contribution in [0.25, 0.3) is 0 Å². The number of rotatable bonds is 5. The van der Waals surface area contributed by atoms with Crippen molar-refractivity contribution in [1.29, 1.82) is 0 Å². The molecule has 0 radical (unpaired) electrons. The van der Waals surface area contributed by atoms with Gasteiger partial charge in [0.2, 0.25) is 0 Å². The van der Waals surface area contributed by atoms with E-state index in [4.69, 9.17) is 4.52 Å². The quantitative estimate of drug-likeness (QED) is 0.852. The number of hydrogen-bond acceptors (Lipinski definition) is 4. The fraction of sp³-hybridized carbons (Fsp3) is 0.562. The Morgan fingerprint density at radius 3 is 2.77 bits per heavy atom. The first kappa shape index (κ1) is 14.8. The van der Waals surface area contributed by atoms with Gasteiger partial charge in [0, 0.05) is 18.8 Å². The van der Waals surface area contributed by atoms with Gasteiger partial charge in [0.25, 0.3) is 5.91 Å². The molecule has 0 aromatic carbocycles. The first-order chi connectivity index (χ1) is 10.5. The van der Waals surface area contributed by atoms with Crippen molar-refractivity contribution >= 4 is 5.91 Å². The third kappa shape index (κ3) is 2.91. The first-order valence-corrected chi connectivity index (χ1v) is 7.69. The van der Waals surface area contributed by atoms with Crippen molar-refractivity contribution in [3.8, 4) is 0 Å². The summed E-state index contributed by atoms with van der Waals surface area (Å²) in [6, 6.07) is 4.07. The second-order valence-electron chi connectivity index (χ2n) is 6.28. The van der Waals surface area contributed by atoms with Crippen molar-refractivity contribution < 1.29 is 9.32 Å². The highest BCUT2D eigenvalue weighted by atomic mass is 16.5. The van der Waals surface area contributed by atoms with E-state index in [2.05, 4.69) is 17.2 Å². The molecule has 0 N–H and O–H groups in total. The van der Waals surface area contributed by atoms with Gasteiger partial charge in [-0.05, 0) is 45.6 Å². The molecule has 22 heavy (non-hydrogen) atoms. The number of aryl methyl sites for hydroxylation is 2. The van der Waals surface area contributed by atoms with E-state index in [9.17, 15) is 4.79 Å². The average Bonchev–Trinajstić information content (AvgIpc) is 3.15. The van der Waals surface area contributed by atoms with Gasteiger partial charge < -0.3 is 9.42 Å². The largest absolute Gasteiger partial charge is 0.361 e. The van der Waals surface area contributed by atoms with Crippen molar-refractivity contribution in [1.82, 2.24) is 19.8 Å². The lowest BCUT2D eigenvalue weighted by atomic mass is 10.2. The maximum Gasteiger partial charge on any atom is 0.274 e. The van der Waals surface area contributed by atoms with E-state index >= 15 is 0 Å². The molecule has 3 rings (SSSR count). The van der Waals surface area contributed by atoms with Crippen LogP contribution < -0.4 is 0 Å². The zero-order valence-corrected chi connectivity index (χ0v) is 13.5. The van der Waals surface area contributed by atoms with Gasteiger partial charge in [-0.2, -0.15) is 5.10 Å². The van der Waals surface area contributed by atoms with Crippen LogP contribution in [0.1, 0.15) is 53.4 Å². The van der Waals surface area contributed by atoms with Gasteiger partial charge in [-0.25, -0.2) is 0 Å². The molecule has 6 nitrogen and oxygen atoms in total. The molecule has 0 spiro atoms. The van der Waals surface area contributed by atoms with E-state index in [0.29, 0.717) is 24.2 Å². The van der Waals surface area contributed by atoms with E-state index < -0.39 is 0 Å². The standard InChI is InChI=1S/C16H22N4O2/c1-10-7-15(17-20(10)12(3)13-5-6-13)16(21)19(4)9-14-8-11(2)22-18-14/h7-8,12-13H,5-6,9H2,1-4H3. The van der Waals surface area contributed by atoms with Crippen LogP contribution in [0.5, 0.6) is 0 Å². The second kappa shape index (κ2) is 5.59. The lowest BCUT2D eigenvalue weighted by Crippen LogP contribution is -2.27. The molecule has 0 aliphatic heterocycles. The number of hydrogen-bond donors (Lipinski definition) is 0. The highest BCUT2D eigenvalue weighted by Gasteiger charge is 2.31. The Bertz CT molecular complexity index is 684. The van der Waals surface area contributed by atoms with Gasteiger partial charge in [0.15, 0.2) is 5.69 Å². The summed E-state index contributed by atoms with van der Waals surface area (Å²) in [6.45, 7) is 6.43. The minimum absolute atomic E-state index is 0.0921. The fourth-order valence-electron chi connectivity index (χ4n) is 2.79. The molecule has 1 fully saturated rings. The summed E-state index contributed by atoms with van der Waals surface area (Å²) in [6.07, 6.45) is 2.52. The summed E-state index contributed by atoms with van der Waals surface area (Å²) in [4.78, 5) is 14.1. The molecule has 0 saturated heterocycles. The second-order valence-corrected chi connectivity index (χ2v) is 6.28. The molecule has 2 heterocycles. The summed E-state index contributed by atoms with van der Waals surface area (Å²) in [5.41, 5.74) is 2.28. The van der Waals surface area contributed by atoms with Gasteiger partial charge in [0.05, 0.1) is 12.6 Å². The van der Waals surface area contributed by atoms with Gasteiger partial charge in [-0.3, -0.25) is 9.48 Å². The molecule has 1 saturated carbocycles. The first-order valence-electron chi connectivity index (χ1n) is 7.69. The van der Waals surface area contributed by atoms with E-state index in [1.165, 1.54) is 12.8 Å². The predicted octanol–water partition coefficient (Wildman–Crippen LogP) is 2.73. The van der Waals surface area contributed by atoms with Gasteiger partial charge >= 0.3 is 0 Å². The lowest BCUT2D eigenvalue weighted by Gasteiger charge is -2.14. The maximum atomic E-state index is 12.5. The number of nitrogens with zero attached hydrogens (tertiary/aromatic N) is 4. The van der Waals surface area contributed by atoms with Crippen molar-refractivity contribution in [2.75, 3.05) is 7.05 Å². The Kier molecular flexibility index (Phi) is 3.76. The summed E-state index contributed by atoms with van der Waals surface area (Å²) < 4.78 is 7.02. The van der Waals surface area contributed by atoms with Crippen molar-refractivity contribution in [2.24, 2.45) is 5.92 Å². The van der Waals surface area contributed by atoms with Crippen LogP contribution in [0, 0.1) is 19.8 Å². The van der Waals surface area contributed by atoms with Gasteiger partial charge in [-0.1, -0.05) is 5.16 Å². The summed E-state index contributed by atoms with van der Waals surface area (Å²) in [5.74, 6) is 1.36. The van der Waals surface area contributed by atoms with Gasteiger partial charge in [-0.15, -0.1) is 0 Å². The average molecular weight is 302 g/mol. The number of aromatic nitrogens is 3. The molecule has 118 valence electrons. The Hall–Kier alpha value is -2.11. The highest BCUT2D eigenvalue weighted by molar-refractivity contribution is 5.92. The normalized spacial score (nSPS) is 15.8. The Morgan fingerprint density at radius 1 is 1.45 bits per heavy atom. The smallest absolute Gasteiger partial charge is 0.274 e. The molecular weight excluding hydrogens is 280 g/mol. The third-order valence-corrected chi connectivity index (χ3v) is 4.25. The van der Waals surface area contributed by atoms with Crippen LogP contribution in [0.2, 0.25) is 0 Å². The van der Waals surface area contributed by atoms with E-state index in [1.807, 2.05) is 30.7 Å². The topological polar surface area (TPSA) is 64.2 Å². The van der Waals surface area contributed by atoms with Crippen LogP contribution >= 0.6 is 0 Å². The predicted molar refractivity (Wildman–Crippen MR) is 81.4 cm³/mol. The third-order valence-electron chi connectivity index (χ3n) is 4.25. The summed E-state index contributed by atoms with van der Waals surface area (Å²) in [7, 11) is 1.75. The molecule has 6 heteroatoms. The SMILES string of the molecule is Cc1cc(CN(C)C(=O)c2cc(C)n(C(C)C3CC3)n2)no1. The number of amides is 1. The van der Waals surface area contributed by atoms with E-state index in [-0.39, 0.29) is 5.91 Å². The van der Waals surface area contributed by atoms with Crippen LogP contribution in [-0.2, 0) is 6.54 Å². The number of carbonyl (C=O) groups is 1. The van der Waals surface area contributed by atoms with Crippen LogP contribution in [0.3, 0.4) is 0 Å². The molecule has 1 unspecified atom stereocenters.